The summed E-state index contributed by atoms with van der Waals surface area (Å²) in [6.07, 6.45) is 7.89. The Morgan fingerprint density at radius 2 is 2.38 bits per heavy atom. The van der Waals surface area contributed by atoms with Gasteiger partial charge in [-0.2, -0.15) is 0 Å². The van der Waals surface area contributed by atoms with Gasteiger partial charge in [0.2, 0.25) is 0 Å². The number of piperidine rings is 1. The lowest BCUT2D eigenvalue weighted by molar-refractivity contribution is 0.159. The summed E-state index contributed by atoms with van der Waals surface area (Å²) in [7, 11) is 0. The summed E-state index contributed by atoms with van der Waals surface area (Å²) in [6, 6.07) is 0. The molecule has 0 amide bonds. The van der Waals surface area contributed by atoms with Gasteiger partial charge in [0.15, 0.2) is 0 Å². The lowest BCUT2D eigenvalue weighted by atomic mass is 9.95. The summed E-state index contributed by atoms with van der Waals surface area (Å²) in [5.74, 6) is 0.726. The number of hydrogen-bond acceptors (Lipinski definition) is 2. The molecular weight excluding hydrogens is 162 g/mol. The van der Waals surface area contributed by atoms with Crippen molar-refractivity contribution in [2.24, 2.45) is 5.92 Å². The monoisotopic (exact) mass is 183 g/mol. The number of aliphatic hydroxyl groups excluding tert-OH is 1. The van der Waals surface area contributed by atoms with Crippen LogP contribution in [0.1, 0.15) is 26.2 Å². The highest BCUT2D eigenvalue weighted by atomic mass is 16.3. The quantitative estimate of drug-likeness (QED) is 0.670. The lowest BCUT2D eigenvalue weighted by Crippen LogP contribution is -2.35. The highest BCUT2D eigenvalue weighted by molar-refractivity contribution is 4.83. The van der Waals surface area contributed by atoms with Crippen LogP contribution in [0.3, 0.4) is 0 Å². The van der Waals surface area contributed by atoms with Gasteiger partial charge in [0.05, 0.1) is 0 Å². The first-order valence-electron chi connectivity index (χ1n) is 5.31. The smallest absolute Gasteiger partial charge is 0.0434 e. The third kappa shape index (κ3) is 3.92. The summed E-state index contributed by atoms with van der Waals surface area (Å²) < 4.78 is 0. The van der Waals surface area contributed by atoms with E-state index in [9.17, 15) is 0 Å². The van der Waals surface area contributed by atoms with Crippen molar-refractivity contribution in [1.82, 2.24) is 4.90 Å². The van der Waals surface area contributed by atoms with Crippen LogP contribution >= 0.6 is 0 Å². The Morgan fingerprint density at radius 1 is 1.54 bits per heavy atom. The van der Waals surface area contributed by atoms with Gasteiger partial charge in [0.1, 0.15) is 0 Å². The maximum Gasteiger partial charge on any atom is 0.0434 e. The van der Waals surface area contributed by atoms with E-state index >= 15 is 0 Å². The summed E-state index contributed by atoms with van der Waals surface area (Å²) in [6.45, 7) is 5.90. The van der Waals surface area contributed by atoms with Crippen molar-refractivity contribution in [2.45, 2.75) is 26.2 Å². The Hall–Kier alpha value is -0.340. The fourth-order valence-electron chi connectivity index (χ4n) is 1.99. The second kappa shape index (κ2) is 6.17. The van der Waals surface area contributed by atoms with Crippen molar-refractivity contribution in [1.29, 1.82) is 0 Å². The molecule has 1 saturated heterocycles. The van der Waals surface area contributed by atoms with E-state index in [2.05, 4.69) is 24.0 Å². The maximum absolute atomic E-state index is 8.85. The molecule has 0 aromatic heterocycles. The minimum absolute atomic E-state index is 0.349. The Kier molecular flexibility index (Phi) is 5.09. The molecule has 0 radical (unpaired) electrons. The maximum atomic E-state index is 8.85. The molecule has 1 atom stereocenters. The third-order valence-corrected chi connectivity index (χ3v) is 2.74. The average Bonchev–Trinajstić information content (AvgIpc) is 2.16. The second-order valence-electron chi connectivity index (χ2n) is 3.85. The molecule has 1 aliphatic rings. The first kappa shape index (κ1) is 10.7. The molecule has 0 spiro atoms. The Bertz CT molecular complexity index is 154. The number of likely N-dealkylation sites (tertiary alicyclic amines) is 1. The number of nitrogens with zero attached hydrogens (tertiary/aromatic N) is 1. The Morgan fingerprint density at radius 3 is 3.08 bits per heavy atom. The zero-order chi connectivity index (χ0) is 9.52. The number of rotatable bonds is 4. The summed E-state index contributed by atoms with van der Waals surface area (Å²) in [4.78, 5) is 2.48. The van der Waals surface area contributed by atoms with Crippen LogP contribution in [-0.2, 0) is 0 Å². The van der Waals surface area contributed by atoms with Crippen LogP contribution in [0.5, 0.6) is 0 Å². The summed E-state index contributed by atoms with van der Waals surface area (Å²) in [5.41, 5.74) is 0. The SMILES string of the molecule is CC=CCN1CCCC(CCO)C1. The molecule has 1 fully saturated rings. The van der Waals surface area contributed by atoms with Gasteiger partial charge in [-0.25, -0.2) is 0 Å². The molecule has 1 rings (SSSR count). The molecular formula is C11H21NO. The van der Waals surface area contributed by atoms with Gasteiger partial charge in [-0.15, -0.1) is 0 Å². The predicted molar refractivity (Wildman–Crippen MR) is 55.7 cm³/mol. The molecule has 76 valence electrons. The minimum Gasteiger partial charge on any atom is -0.396 e. The van der Waals surface area contributed by atoms with Crippen LogP contribution < -0.4 is 0 Å². The van der Waals surface area contributed by atoms with Gasteiger partial charge in [-0.1, -0.05) is 12.2 Å². The van der Waals surface area contributed by atoms with Gasteiger partial charge in [-0.05, 0) is 38.6 Å². The van der Waals surface area contributed by atoms with Crippen LogP contribution in [-0.4, -0.2) is 36.2 Å². The number of allylic oxidation sites excluding steroid dienone is 1. The van der Waals surface area contributed by atoms with Crippen LogP contribution in [0.4, 0.5) is 0 Å². The standard InChI is InChI=1S/C11H21NO/c1-2-3-7-12-8-4-5-11(10-12)6-9-13/h2-3,11,13H,4-10H2,1H3. The van der Waals surface area contributed by atoms with E-state index in [1.54, 1.807) is 0 Å². The second-order valence-corrected chi connectivity index (χ2v) is 3.85. The van der Waals surface area contributed by atoms with E-state index < -0.39 is 0 Å². The Labute approximate surface area is 81.2 Å². The zero-order valence-electron chi connectivity index (χ0n) is 8.58. The molecule has 1 unspecified atom stereocenters. The van der Waals surface area contributed by atoms with Crippen LogP contribution in [0.25, 0.3) is 0 Å². The molecule has 2 heteroatoms. The van der Waals surface area contributed by atoms with Crippen LogP contribution in [0, 0.1) is 5.92 Å². The molecule has 1 N–H and O–H groups in total. The van der Waals surface area contributed by atoms with Gasteiger partial charge in [-0.3, -0.25) is 4.90 Å². The fraction of sp³-hybridized carbons (Fsp3) is 0.818. The van der Waals surface area contributed by atoms with Gasteiger partial charge in [0, 0.05) is 19.7 Å². The third-order valence-electron chi connectivity index (χ3n) is 2.74. The molecule has 1 heterocycles. The highest BCUT2D eigenvalue weighted by Crippen LogP contribution is 2.18. The number of aliphatic hydroxyl groups is 1. The van der Waals surface area contributed by atoms with E-state index in [1.807, 2.05) is 0 Å². The van der Waals surface area contributed by atoms with E-state index in [-0.39, 0.29) is 0 Å². The van der Waals surface area contributed by atoms with Crippen molar-refractivity contribution < 1.29 is 5.11 Å². The molecule has 0 bridgehead atoms. The van der Waals surface area contributed by atoms with Crippen LogP contribution in [0.15, 0.2) is 12.2 Å². The summed E-state index contributed by atoms with van der Waals surface area (Å²) in [5, 5.41) is 8.85. The van der Waals surface area contributed by atoms with E-state index in [0.717, 1.165) is 18.9 Å². The fourth-order valence-corrected chi connectivity index (χ4v) is 1.99. The Balaban J connectivity index is 2.24. The van der Waals surface area contributed by atoms with E-state index in [1.165, 1.54) is 25.9 Å². The molecule has 1 aliphatic heterocycles. The minimum atomic E-state index is 0.349. The number of hydrogen-bond donors (Lipinski definition) is 1. The van der Waals surface area contributed by atoms with Crippen LogP contribution in [0.2, 0.25) is 0 Å². The predicted octanol–water partition coefficient (Wildman–Crippen LogP) is 1.66. The van der Waals surface area contributed by atoms with Crippen molar-refractivity contribution >= 4 is 0 Å². The van der Waals surface area contributed by atoms with Gasteiger partial charge >= 0.3 is 0 Å². The van der Waals surface area contributed by atoms with Gasteiger partial charge < -0.3 is 5.11 Å². The van der Waals surface area contributed by atoms with Crippen molar-refractivity contribution in [2.75, 3.05) is 26.2 Å². The molecule has 13 heavy (non-hydrogen) atoms. The molecule has 0 aromatic carbocycles. The van der Waals surface area contributed by atoms with Gasteiger partial charge in [0.25, 0.3) is 0 Å². The lowest BCUT2D eigenvalue weighted by Gasteiger charge is -2.31. The van der Waals surface area contributed by atoms with E-state index in [4.69, 9.17) is 5.11 Å². The molecule has 0 aliphatic carbocycles. The highest BCUT2D eigenvalue weighted by Gasteiger charge is 2.17. The largest absolute Gasteiger partial charge is 0.396 e. The van der Waals surface area contributed by atoms with Crippen molar-refractivity contribution in [3.63, 3.8) is 0 Å². The van der Waals surface area contributed by atoms with E-state index in [0.29, 0.717) is 6.61 Å². The molecule has 0 saturated carbocycles. The molecule has 0 aromatic rings. The first-order valence-corrected chi connectivity index (χ1v) is 5.31. The summed E-state index contributed by atoms with van der Waals surface area (Å²) >= 11 is 0. The zero-order valence-corrected chi connectivity index (χ0v) is 8.58. The first-order chi connectivity index (χ1) is 6.36. The van der Waals surface area contributed by atoms with Crippen molar-refractivity contribution in [3.8, 4) is 0 Å². The normalized spacial score (nSPS) is 25.5. The molecule has 2 nitrogen and oxygen atoms in total. The average molecular weight is 183 g/mol. The topological polar surface area (TPSA) is 23.5 Å². The van der Waals surface area contributed by atoms with Crippen molar-refractivity contribution in [3.05, 3.63) is 12.2 Å².